The zero-order valence-corrected chi connectivity index (χ0v) is 15.1. The van der Waals surface area contributed by atoms with Gasteiger partial charge in [0.15, 0.2) is 4.32 Å². The van der Waals surface area contributed by atoms with Crippen molar-refractivity contribution in [3.8, 4) is 0 Å². The summed E-state index contributed by atoms with van der Waals surface area (Å²) >= 11 is 6.12. The first-order valence-corrected chi connectivity index (χ1v) is 9.71. The molecular weight excluding hydrogens is 362 g/mol. The van der Waals surface area contributed by atoms with E-state index in [-0.39, 0.29) is 9.22 Å². The third kappa shape index (κ3) is 3.15. The fourth-order valence-corrected chi connectivity index (χ4v) is 5.22. The molecule has 4 nitrogen and oxygen atoms in total. The Morgan fingerprint density at radius 3 is 2.29 bits per heavy atom. The van der Waals surface area contributed by atoms with E-state index < -0.39 is 15.9 Å². The highest BCUT2D eigenvalue weighted by molar-refractivity contribution is 8.27. The van der Waals surface area contributed by atoms with Crippen molar-refractivity contribution < 1.29 is 13.2 Å². The number of thioether (sulfide) groups is 1. The van der Waals surface area contributed by atoms with Crippen LogP contribution in [0.25, 0.3) is 6.08 Å². The third-order valence-corrected chi connectivity index (χ3v) is 6.65. The normalized spacial score (nSPS) is 16.9. The Morgan fingerprint density at radius 2 is 1.67 bits per heavy atom. The van der Waals surface area contributed by atoms with E-state index >= 15 is 0 Å². The second kappa shape index (κ2) is 6.51. The van der Waals surface area contributed by atoms with Crippen LogP contribution in [0, 0.1) is 6.92 Å². The molecule has 1 saturated heterocycles. The topological polar surface area (TPSA) is 54.5 Å². The van der Waals surface area contributed by atoms with Gasteiger partial charge in [-0.2, -0.15) is 4.31 Å². The van der Waals surface area contributed by atoms with Gasteiger partial charge in [-0.15, -0.1) is 0 Å². The summed E-state index contributed by atoms with van der Waals surface area (Å²) in [4.78, 5) is 12.9. The number of carbonyl (C=O) groups excluding carboxylic acids is 1. The highest BCUT2D eigenvalue weighted by Crippen LogP contribution is 2.36. The van der Waals surface area contributed by atoms with Crippen molar-refractivity contribution >= 4 is 50.3 Å². The summed E-state index contributed by atoms with van der Waals surface area (Å²) in [5, 5.41) is 0. The van der Waals surface area contributed by atoms with E-state index in [1.807, 2.05) is 37.3 Å². The summed E-state index contributed by atoms with van der Waals surface area (Å²) < 4.78 is 26.2. The number of hydrogen-bond donors (Lipinski definition) is 0. The smallest absolute Gasteiger partial charge is 0.267 e. The molecule has 1 heterocycles. The fourth-order valence-electron chi connectivity index (χ4n) is 2.18. The molecule has 122 valence electrons. The number of benzene rings is 2. The number of rotatable bonds is 3. The van der Waals surface area contributed by atoms with Gasteiger partial charge in [-0.25, -0.2) is 8.42 Å². The van der Waals surface area contributed by atoms with Crippen LogP contribution in [0.3, 0.4) is 0 Å². The van der Waals surface area contributed by atoms with Gasteiger partial charge in [0.2, 0.25) is 0 Å². The van der Waals surface area contributed by atoms with E-state index in [1.54, 1.807) is 18.2 Å². The lowest BCUT2D eigenvalue weighted by Crippen LogP contribution is -2.34. The Balaban J connectivity index is 1.97. The molecule has 0 unspecified atom stereocenters. The van der Waals surface area contributed by atoms with E-state index in [0.717, 1.165) is 22.9 Å². The minimum Gasteiger partial charge on any atom is -0.267 e. The average molecular weight is 375 g/mol. The molecule has 0 atom stereocenters. The Morgan fingerprint density at radius 1 is 1.04 bits per heavy atom. The number of aryl methyl sites for hydroxylation is 1. The quantitative estimate of drug-likeness (QED) is 0.606. The molecule has 0 aliphatic carbocycles. The minimum atomic E-state index is -4.00. The van der Waals surface area contributed by atoms with Crippen molar-refractivity contribution in [3.63, 3.8) is 0 Å². The number of sulfonamides is 1. The summed E-state index contributed by atoms with van der Waals surface area (Å²) in [6.45, 7) is 1.86. The first-order chi connectivity index (χ1) is 11.4. The second-order valence-corrected chi connectivity index (χ2v) is 8.64. The van der Waals surface area contributed by atoms with E-state index in [0.29, 0.717) is 9.21 Å². The molecule has 7 heteroatoms. The van der Waals surface area contributed by atoms with Crippen LogP contribution in [0.15, 0.2) is 64.4 Å². The molecular formula is C17H13NO3S3. The maximum Gasteiger partial charge on any atom is 0.280 e. The van der Waals surface area contributed by atoms with Gasteiger partial charge in [-0.05, 0) is 30.7 Å². The number of hydrogen-bond acceptors (Lipinski definition) is 5. The summed E-state index contributed by atoms with van der Waals surface area (Å²) in [6.07, 6.45) is 1.64. The van der Waals surface area contributed by atoms with Crippen LogP contribution in [0.4, 0.5) is 0 Å². The molecule has 0 bridgehead atoms. The van der Waals surface area contributed by atoms with Crippen molar-refractivity contribution in [2.45, 2.75) is 11.8 Å². The molecule has 0 saturated carbocycles. The van der Waals surface area contributed by atoms with Gasteiger partial charge < -0.3 is 0 Å². The van der Waals surface area contributed by atoms with Crippen molar-refractivity contribution in [1.29, 1.82) is 0 Å². The molecule has 1 aliphatic heterocycles. The average Bonchev–Trinajstić information content (AvgIpc) is 2.83. The fraction of sp³-hybridized carbons (Fsp3) is 0.0588. The Hall–Kier alpha value is -1.96. The lowest BCUT2D eigenvalue weighted by atomic mass is 10.2. The lowest BCUT2D eigenvalue weighted by Gasteiger charge is -2.15. The van der Waals surface area contributed by atoms with Crippen molar-refractivity contribution in [1.82, 2.24) is 4.31 Å². The monoisotopic (exact) mass is 375 g/mol. The van der Waals surface area contributed by atoms with Gasteiger partial charge in [0.05, 0.1) is 9.80 Å². The molecule has 2 aromatic rings. The number of nitrogens with zero attached hydrogens (tertiary/aromatic N) is 1. The van der Waals surface area contributed by atoms with Crippen LogP contribution in [-0.4, -0.2) is 23.0 Å². The molecule has 1 amide bonds. The van der Waals surface area contributed by atoms with E-state index in [9.17, 15) is 13.2 Å². The van der Waals surface area contributed by atoms with Crippen LogP contribution < -0.4 is 0 Å². The third-order valence-electron chi connectivity index (χ3n) is 3.41. The lowest BCUT2D eigenvalue weighted by molar-refractivity contribution is -0.119. The Kier molecular flexibility index (Phi) is 4.58. The molecule has 2 aromatic carbocycles. The van der Waals surface area contributed by atoms with Crippen LogP contribution in [0.5, 0.6) is 0 Å². The van der Waals surface area contributed by atoms with Gasteiger partial charge in [-0.1, -0.05) is 72.0 Å². The summed E-state index contributed by atoms with van der Waals surface area (Å²) in [5.74, 6) is -0.616. The molecule has 0 aromatic heterocycles. The first kappa shape index (κ1) is 16.9. The van der Waals surface area contributed by atoms with Crippen LogP contribution in [0.2, 0.25) is 0 Å². The van der Waals surface area contributed by atoms with Gasteiger partial charge >= 0.3 is 0 Å². The van der Waals surface area contributed by atoms with Gasteiger partial charge in [0.1, 0.15) is 0 Å². The van der Waals surface area contributed by atoms with Crippen LogP contribution >= 0.6 is 24.0 Å². The van der Waals surface area contributed by atoms with Crippen molar-refractivity contribution in [2.75, 3.05) is 0 Å². The van der Waals surface area contributed by atoms with Crippen LogP contribution in [-0.2, 0) is 14.8 Å². The zero-order valence-electron chi connectivity index (χ0n) is 12.7. The SMILES string of the molecule is Cc1ccc(S(=O)(=O)N2C(=O)C(=Cc3ccccc3)SC2=S)cc1. The molecule has 24 heavy (non-hydrogen) atoms. The maximum absolute atomic E-state index is 12.7. The predicted octanol–water partition coefficient (Wildman–Crippen LogP) is 3.59. The molecule has 1 aliphatic rings. The second-order valence-electron chi connectivity index (χ2n) is 5.17. The van der Waals surface area contributed by atoms with Gasteiger partial charge in [-0.3, -0.25) is 4.79 Å². The molecule has 0 radical (unpaired) electrons. The predicted molar refractivity (Wildman–Crippen MR) is 99.8 cm³/mol. The van der Waals surface area contributed by atoms with Crippen molar-refractivity contribution in [2.24, 2.45) is 0 Å². The van der Waals surface area contributed by atoms with E-state index in [1.165, 1.54) is 12.1 Å². The van der Waals surface area contributed by atoms with E-state index in [2.05, 4.69) is 0 Å². The highest BCUT2D eigenvalue weighted by Gasteiger charge is 2.41. The summed E-state index contributed by atoms with van der Waals surface area (Å²) in [7, 11) is -4.00. The minimum absolute atomic E-state index is 0.0164. The zero-order chi connectivity index (χ0) is 17.3. The largest absolute Gasteiger partial charge is 0.280 e. The molecule has 3 rings (SSSR count). The Labute approximate surface area is 150 Å². The van der Waals surface area contributed by atoms with Crippen LogP contribution in [0.1, 0.15) is 11.1 Å². The molecule has 0 N–H and O–H groups in total. The maximum atomic E-state index is 12.7. The van der Waals surface area contributed by atoms with Gasteiger partial charge in [0.25, 0.3) is 15.9 Å². The number of amides is 1. The number of carbonyl (C=O) groups is 1. The number of thiocarbonyl (C=S) groups is 1. The standard InChI is InChI=1S/C17H13NO3S3/c1-12-7-9-14(10-8-12)24(20,21)18-16(19)15(23-17(18)22)11-13-5-3-2-4-6-13/h2-11H,1H3. The summed E-state index contributed by atoms with van der Waals surface area (Å²) in [5.41, 5.74) is 1.74. The van der Waals surface area contributed by atoms with Crippen molar-refractivity contribution in [3.05, 3.63) is 70.6 Å². The molecule has 0 spiro atoms. The summed E-state index contributed by atoms with van der Waals surface area (Å²) in [6, 6.07) is 15.5. The molecule has 1 fully saturated rings. The first-order valence-electron chi connectivity index (χ1n) is 7.04. The van der Waals surface area contributed by atoms with E-state index in [4.69, 9.17) is 12.2 Å². The highest BCUT2D eigenvalue weighted by atomic mass is 32.2. The van der Waals surface area contributed by atoms with Gasteiger partial charge in [0, 0.05) is 0 Å². The Bertz CT molecular complexity index is 933.